The van der Waals surface area contributed by atoms with Gasteiger partial charge >= 0.3 is 0 Å². The van der Waals surface area contributed by atoms with Crippen molar-refractivity contribution in [3.63, 3.8) is 0 Å². The van der Waals surface area contributed by atoms with Gasteiger partial charge in [0.15, 0.2) is 0 Å². The minimum Gasteiger partial charge on any atom is -0.495 e. The second-order valence-corrected chi connectivity index (χ2v) is 11.7. The highest BCUT2D eigenvalue weighted by molar-refractivity contribution is 7.92. The van der Waals surface area contributed by atoms with E-state index in [2.05, 4.69) is 5.32 Å². The molecule has 0 heterocycles. The summed E-state index contributed by atoms with van der Waals surface area (Å²) in [5, 5.41) is 3.73. The number of methoxy groups -OCH3 is 1. The number of rotatable bonds is 13. The lowest BCUT2D eigenvalue weighted by atomic mass is 10.1. The van der Waals surface area contributed by atoms with Crippen LogP contribution in [0.15, 0.2) is 42.5 Å². The lowest BCUT2D eigenvalue weighted by Gasteiger charge is -2.30. The predicted molar refractivity (Wildman–Crippen MR) is 149 cm³/mol. The Labute approximate surface area is 229 Å². The first-order valence-electron chi connectivity index (χ1n) is 12.0. The Morgan fingerprint density at radius 1 is 1.11 bits per heavy atom. The summed E-state index contributed by atoms with van der Waals surface area (Å²) in [5.74, 6) is -0.0984. The molecule has 0 fully saturated rings. The van der Waals surface area contributed by atoms with Crippen LogP contribution in [-0.2, 0) is 26.2 Å². The van der Waals surface area contributed by atoms with Gasteiger partial charge in [0.2, 0.25) is 21.8 Å². The van der Waals surface area contributed by atoms with Crippen LogP contribution in [-0.4, -0.2) is 57.1 Å². The third-order valence-electron chi connectivity index (χ3n) is 5.99. The van der Waals surface area contributed by atoms with Gasteiger partial charge in [-0.2, -0.15) is 0 Å². The summed E-state index contributed by atoms with van der Waals surface area (Å²) in [6.45, 7) is 5.80. The topological polar surface area (TPSA) is 96.0 Å². The molecule has 0 saturated carbocycles. The SMILES string of the molecule is CC[C@H](C)NC(=O)[C@H](C)N(Cc1cccc(Cl)c1)C(=O)CCCN(c1ccc(OC)c(Cl)c1)S(C)(=O)=O. The van der Waals surface area contributed by atoms with Gasteiger partial charge in [-0.25, -0.2) is 8.42 Å². The minimum absolute atomic E-state index is 0.0299. The number of ether oxygens (including phenoxy) is 1. The van der Waals surface area contributed by atoms with Gasteiger partial charge in [0.1, 0.15) is 11.8 Å². The Bertz CT molecular complexity index is 1190. The van der Waals surface area contributed by atoms with Gasteiger partial charge in [0.25, 0.3) is 0 Å². The number of sulfonamides is 1. The van der Waals surface area contributed by atoms with E-state index in [0.29, 0.717) is 16.5 Å². The quantitative estimate of drug-likeness (QED) is 0.369. The Morgan fingerprint density at radius 3 is 2.38 bits per heavy atom. The molecule has 2 rings (SSSR count). The monoisotopic (exact) mass is 571 g/mol. The van der Waals surface area contributed by atoms with Crippen LogP contribution in [0.25, 0.3) is 0 Å². The van der Waals surface area contributed by atoms with Gasteiger partial charge in [-0.3, -0.25) is 13.9 Å². The molecule has 37 heavy (non-hydrogen) atoms. The van der Waals surface area contributed by atoms with Gasteiger partial charge in [-0.15, -0.1) is 0 Å². The average molecular weight is 573 g/mol. The molecule has 2 atom stereocenters. The normalized spacial score (nSPS) is 12.9. The lowest BCUT2D eigenvalue weighted by Crippen LogP contribution is -2.49. The first kappa shape index (κ1) is 30.7. The third kappa shape index (κ3) is 9.09. The maximum atomic E-state index is 13.3. The third-order valence-corrected chi connectivity index (χ3v) is 7.71. The number of benzene rings is 2. The van der Waals surface area contributed by atoms with Crippen molar-refractivity contribution in [1.29, 1.82) is 0 Å². The Hall–Kier alpha value is -2.49. The molecule has 0 aliphatic carbocycles. The number of halogens is 2. The molecule has 0 aliphatic rings. The van der Waals surface area contributed by atoms with Crippen LogP contribution in [0.4, 0.5) is 5.69 Å². The standard InChI is InChI=1S/C26H35Cl2N3O5S/c1-6-18(2)29-26(33)19(3)30(17-20-9-7-10-21(27)15-20)25(32)11-8-14-31(37(5,34)35)22-12-13-24(36-4)23(28)16-22/h7,9-10,12-13,15-16,18-19H,6,8,11,14,17H2,1-5H3,(H,29,33)/t18-,19-/m0/s1. The molecule has 204 valence electrons. The largest absolute Gasteiger partial charge is 0.495 e. The van der Waals surface area contributed by atoms with Crippen molar-refractivity contribution < 1.29 is 22.7 Å². The molecule has 0 aliphatic heterocycles. The van der Waals surface area contributed by atoms with Crippen LogP contribution in [0.5, 0.6) is 5.75 Å². The number of carbonyl (C=O) groups excluding carboxylic acids is 2. The van der Waals surface area contributed by atoms with Gasteiger partial charge in [0, 0.05) is 30.6 Å². The molecule has 1 N–H and O–H groups in total. The van der Waals surface area contributed by atoms with Crippen molar-refractivity contribution in [1.82, 2.24) is 10.2 Å². The average Bonchev–Trinajstić information content (AvgIpc) is 2.83. The first-order chi connectivity index (χ1) is 17.4. The first-order valence-corrected chi connectivity index (χ1v) is 14.6. The smallest absolute Gasteiger partial charge is 0.242 e. The molecule has 0 spiro atoms. The molecule has 0 unspecified atom stereocenters. The number of nitrogens with zero attached hydrogens (tertiary/aromatic N) is 2. The van der Waals surface area contributed by atoms with Crippen molar-refractivity contribution >= 4 is 50.7 Å². The fourth-order valence-corrected chi connectivity index (χ4v) is 5.12. The predicted octanol–water partition coefficient (Wildman–Crippen LogP) is 4.88. The van der Waals surface area contributed by atoms with Crippen molar-refractivity contribution in [3.05, 3.63) is 58.1 Å². The van der Waals surface area contributed by atoms with E-state index in [1.807, 2.05) is 19.9 Å². The number of anilines is 1. The highest BCUT2D eigenvalue weighted by Gasteiger charge is 2.27. The molecule has 0 bridgehead atoms. The highest BCUT2D eigenvalue weighted by atomic mass is 35.5. The Kier molecular flexibility index (Phi) is 11.5. The van der Waals surface area contributed by atoms with Crippen LogP contribution in [0.3, 0.4) is 0 Å². The van der Waals surface area contributed by atoms with Crippen LogP contribution in [0.1, 0.15) is 45.6 Å². The van der Waals surface area contributed by atoms with E-state index in [0.717, 1.165) is 18.2 Å². The maximum Gasteiger partial charge on any atom is 0.242 e. The molecule has 0 radical (unpaired) electrons. The van der Waals surface area contributed by atoms with Gasteiger partial charge in [0.05, 0.1) is 24.1 Å². The van der Waals surface area contributed by atoms with E-state index < -0.39 is 16.1 Å². The van der Waals surface area contributed by atoms with Crippen molar-refractivity contribution in [3.8, 4) is 5.75 Å². The van der Waals surface area contributed by atoms with E-state index in [1.54, 1.807) is 37.3 Å². The Balaban J connectivity index is 2.20. The number of hydrogen-bond donors (Lipinski definition) is 1. The van der Waals surface area contributed by atoms with Crippen LogP contribution in [0, 0.1) is 0 Å². The van der Waals surface area contributed by atoms with Crippen LogP contribution >= 0.6 is 23.2 Å². The van der Waals surface area contributed by atoms with Crippen molar-refractivity contribution in [2.45, 2.75) is 58.7 Å². The van der Waals surface area contributed by atoms with E-state index in [4.69, 9.17) is 27.9 Å². The molecule has 8 nitrogen and oxygen atoms in total. The molecule has 11 heteroatoms. The highest BCUT2D eigenvalue weighted by Crippen LogP contribution is 2.30. The summed E-state index contributed by atoms with van der Waals surface area (Å²) >= 11 is 12.3. The number of hydrogen-bond acceptors (Lipinski definition) is 5. The molecule has 2 amide bonds. The summed E-state index contributed by atoms with van der Waals surface area (Å²) in [7, 11) is -2.17. The van der Waals surface area contributed by atoms with Crippen molar-refractivity contribution in [2.24, 2.45) is 0 Å². The van der Waals surface area contributed by atoms with Crippen LogP contribution < -0.4 is 14.4 Å². The summed E-state index contributed by atoms with van der Waals surface area (Å²) < 4.78 is 31.3. The van der Waals surface area contributed by atoms with Crippen molar-refractivity contribution in [2.75, 3.05) is 24.2 Å². The van der Waals surface area contributed by atoms with E-state index in [-0.39, 0.29) is 48.8 Å². The Morgan fingerprint density at radius 2 is 1.81 bits per heavy atom. The van der Waals surface area contributed by atoms with Crippen LogP contribution in [0.2, 0.25) is 10.0 Å². The lowest BCUT2D eigenvalue weighted by molar-refractivity contribution is -0.140. The minimum atomic E-state index is -3.64. The van der Waals surface area contributed by atoms with Gasteiger partial charge in [-0.05, 0) is 62.6 Å². The number of nitrogens with one attached hydrogen (secondary N) is 1. The molecular formula is C26H35Cl2N3O5S. The molecule has 2 aromatic rings. The van der Waals surface area contributed by atoms with E-state index >= 15 is 0 Å². The zero-order valence-electron chi connectivity index (χ0n) is 21.8. The van der Waals surface area contributed by atoms with E-state index in [1.165, 1.54) is 22.4 Å². The summed E-state index contributed by atoms with van der Waals surface area (Å²) in [6.07, 6.45) is 2.13. The molecular weight excluding hydrogens is 537 g/mol. The molecule has 2 aromatic carbocycles. The second kappa shape index (κ2) is 13.9. The zero-order valence-corrected chi connectivity index (χ0v) is 24.2. The molecule has 0 saturated heterocycles. The van der Waals surface area contributed by atoms with Gasteiger partial charge in [-0.1, -0.05) is 42.3 Å². The van der Waals surface area contributed by atoms with E-state index in [9.17, 15) is 18.0 Å². The number of amides is 2. The summed E-state index contributed by atoms with van der Waals surface area (Å²) in [5.41, 5.74) is 1.16. The molecule has 0 aromatic heterocycles. The fourth-order valence-electron chi connectivity index (χ4n) is 3.69. The summed E-state index contributed by atoms with van der Waals surface area (Å²) in [4.78, 5) is 27.7. The number of carbonyl (C=O) groups is 2. The maximum absolute atomic E-state index is 13.3. The summed E-state index contributed by atoms with van der Waals surface area (Å²) in [6, 6.07) is 11.0. The second-order valence-electron chi connectivity index (χ2n) is 8.90. The van der Waals surface area contributed by atoms with Gasteiger partial charge < -0.3 is 15.0 Å². The fraction of sp³-hybridized carbons (Fsp3) is 0.462. The zero-order chi connectivity index (χ0) is 27.8.